The molecule has 1 N–H and O–H groups in total. The molecule has 8 heteroatoms. The molecule has 1 aliphatic rings. The van der Waals surface area contributed by atoms with Crippen LogP contribution in [0.5, 0.6) is 11.5 Å². The quantitative estimate of drug-likeness (QED) is 0.650. The second-order valence-corrected chi connectivity index (χ2v) is 7.16. The van der Waals surface area contributed by atoms with Gasteiger partial charge in [0.1, 0.15) is 0 Å². The smallest absolute Gasteiger partial charge is 0.489 e. The Morgan fingerprint density at radius 1 is 0.926 bits per heavy atom. The van der Waals surface area contributed by atoms with Gasteiger partial charge in [0, 0.05) is 0 Å². The third-order valence-corrected chi connectivity index (χ3v) is 5.09. The predicted octanol–water partition coefficient (Wildman–Crippen LogP) is 5.94. The normalized spacial score (nSPS) is 15.6. The van der Waals surface area contributed by atoms with Crippen molar-refractivity contribution in [2.75, 3.05) is 19.7 Å². The number of piperidine rings is 1. The average Bonchev–Trinajstić information content (AvgIpc) is 2.63. The average molecular weight is 420 g/mol. The monoisotopic (exact) mass is 419 g/mol. The third kappa shape index (κ3) is 5.67. The lowest BCUT2D eigenvalue weighted by Crippen LogP contribution is -2.30. The van der Waals surface area contributed by atoms with Gasteiger partial charge in [-0.2, -0.15) is 0 Å². The summed E-state index contributed by atoms with van der Waals surface area (Å²) in [7, 11) is 0. The van der Waals surface area contributed by atoms with Gasteiger partial charge in [0.05, 0.1) is 16.7 Å². The fraction of sp³-hybridized carbons (Fsp3) is 0.368. The Balaban J connectivity index is 1.86. The molecule has 0 saturated carbocycles. The molecule has 3 rings (SSSR count). The van der Waals surface area contributed by atoms with Crippen LogP contribution in [0.25, 0.3) is 11.1 Å². The molecule has 0 amide bonds. The van der Waals surface area contributed by atoms with Gasteiger partial charge in [-0.25, -0.2) is 0 Å². The second kappa shape index (κ2) is 8.59. The molecular weight excluding hydrogens is 402 g/mol. The van der Waals surface area contributed by atoms with Crippen LogP contribution in [0.4, 0.5) is 13.2 Å². The zero-order chi connectivity index (χ0) is 19.4. The highest BCUT2D eigenvalue weighted by Gasteiger charge is 2.32. The summed E-state index contributed by atoms with van der Waals surface area (Å²) in [6, 6.07) is 9.34. The van der Waals surface area contributed by atoms with E-state index in [1.54, 1.807) is 18.2 Å². The summed E-state index contributed by atoms with van der Waals surface area (Å²) < 4.78 is 48.0. The number of benzene rings is 2. The first kappa shape index (κ1) is 20.1. The maximum absolute atomic E-state index is 12.7. The second-order valence-electron chi connectivity index (χ2n) is 6.34. The van der Waals surface area contributed by atoms with Crippen LogP contribution >= 0.6 is 23.2 Å². The van der Waals surface area contributed by atoms with Crippen LogP contribution in [0.3, 0.4) is 0 Å². The summed E-state index contributed by atoms with van der Waals surface area (Å²) in [6.45, 7) is 2.09. The van der Waals surface area contributed by atoms with Gasteiger partial charge in [0.15, 0.2) is 11.5 Å². The molecule has 146 valence electrons. The Kier molecular flexibility index (Phi) is 6.40. The number of hydrogen-bond donors (Lipinski definition) is 1. The molecular formula is C19H18Cl2F3NO2. The van der Waals surface area contributed by atoms with Crippen LogP contribution in [0, 0.1) is 5.92 Å². The molecule has 0 atom stereocenters. The number of rotatable bonds is 5. The van der Waals surface area contributed by atoms with E-state index in [0.29, 0.717) is 28.1 Å². The fourth-order valence-electron chi connectivity index (χ4n) is 2.94. The largest absolute Gasteiger partial charge is 0.573 e. The Morgan fingerprint density at radius 3 is 2.26 bits per heavy atom. The molecule has 3 nitrogen and oxygen atoms in total. The molecule has 2 aromatic rings. The van der Waals surface area contributed by atoms with Crippen LogP contribution in [-0.2, 0) is 0 Å². The van der Waals surface area contributed by atoms with Gasteiger partial charge in [-0.1, -0.05) is 35.3 Å². The molecule has 2 aromatic carbocycles. The van der Waals surface area contributed by atoms with Gasteiger partial charge in [-0.15, -0.1) is 13.2 Å². The van der Waals surface area contributed by atoms with Gasteiger partial charge >= 0.3 is 6.36 Å². The number of hydrogen-bond acceptors (Lipinski definition) is 3. The summed E-state index contributed by atoms with van der Waals surface area (Å²) in [5, 5.41) is 4.01. The third-order valence-electron chi connectivity index (χ3n) is 4.36. The van der Waals surface area contributed by atoms with Crippen molar-refractivity contribution in [2.24, 2.45) is 5.92 Å². The van der Waals surface area contributed by atoms with Crippen molar-refractivity contribution in [3.05, 3.63) is 46.4 Å². The Morgan fingerprint density at radius 2 is 1.59 bits per heavy atom. The van der Waals surface area contributed by atoms with Crippen LogP contribution in [0.2, 0.25) is 10.0 Å². The molecule has 1 fully saturated rings. The maximum Gasteiger partial charge on any atom is 0.573 e. The van der Waals surface area contributed by atoms with Crippen molar-refractivity contribution in [1.82, 2.24) is 5.32 Å². The Labute approximate surface area is 165 Å². The first-order chi connectivity index (χ1) is 12.8. The molecule has 0 aromatic heterocycles. The highest BCUT2D eigenvalue weighted by atomic mass is 35.5. The van der Waals surface area contributed by atoms with Gasteiger partial charge in [0.2, 0.25) is 0 Å². The van der Waals surface area contributed by atoms with E-state index >= 15 is 0 Å². The van der Waals surface area contributed by atoms with E-state index in [1.165, 1.54) is 18.2 Å². The minimum Gasteiger partial charge on any atom is -0.489 e. The number of alkyl halides is 3. The Hall–Kier alpha value is -1.63. The van der Waals surface area contributed by atoms with Crippen LogP contribution < -0.4 is 14.8 Å². The number of ether oxygens (including phenoxy) is 2. The lowest BCUT2D eigenvalue weighted by Gasteiger charge is -2.23. The zero-order valence-electron chi connectivity index (χ0n) is 14.3. The summed E-state index contributed by atoms with van der Waals surface area (Å²) >= 11 is 12.0. The van der Waals surface area contributed by atoms with E-state index in [9.17, 15) is 13.2 Å². The summed E-state index contributed by atoms with van der Waals surface area (Å²) in [6.07, 6.45) is -2.96. The molecule has 1 aliphatic heterocycles. The van der Waals surface area contributed by atoms with Gasteiger partial charge in [-0.3, -0.25) is 0 Å². The standard InChI is InChI=1S/C19H18Cl2F3NO2/c20-15-3-1-13(9-16(15)21)14-2-4-17(27-19(22,23)24)18(10-14)26-11-12-5-7-25-8-6-12/h1-4,9-10,12,25H,5-8,11H2. The van der Waals surface area contributed by atoms with Gasteiger partial charge in [0.25, 0.3) is 0 Å². The zero-order valence-corrected chi connectivity index (χ0v) is 15.8. The SMILES string of the molecule is FC(F)(F)Oc1ccc(-c2ccc(Cl)c(Cl)c2)cc1OCC1CCNCC1. The minimum atomic E-state index is -4.79. The first-order valence-corrected chi connectivity index (χ1v) is 9.26. The summed E-state index contributed by atoms with van der Waals surface area (Å²) in [4.78, 5) is 0. The highest BCUT2D eigenvalue weighted by Crippen LogP contribution is 2.37. The fourth-order valence-corrected chi connectivity index (χ4v) is 3.24. The van der Waals surface area contributed by atoms with Crippen molar-refractivity contribution in [3.63, 3.8) is 0 Å². The predicted molar refractivity (Wildman–Crippen MR) is 99.7 cm³/mol. The van der Waals surface area contributed by atoms with E-state index in [4.69, 9.17) is 27.9 Å². The minimum absolute atomic E-state index is 0.0504. The lowest BCUT2D eigenvalue weighted by atomic mass is 9.99. The van der Waals surface area contributed by atoms with Crippen molar-refractivity contribution in [2.45, 2.75) is 19.2 Å². The molecule has 0 aliphatic carbocycles. The molecule has 0 bridgehead atoms. The van der Waals surface area contributed by atoms with Gasteiger partial charge in [-0.05, 0) is 67.2 Å². The van der Waals surface area contributed by atoms with E-state index in [-0.39, 0.29) is 11.5 Å². The van der Waals surface area contributed by atoms with Gasteiger partial charge < -0.3 is 14.8 Å². The topological polar surface area (TPSA) is 30.5 Å². The number of halogens is 5. The molecule has 0 unspecified atom stereocenters. The Bertz CT molecular complexity index is 793. The molecule has 0 radical (unpaired) electrons. The van der Waals surface area contributed by atoms with E-state index in [1.807, 2.05) is 0 Å². The maximum atomic E-state index is 12.7. The first-order valence-electron chi connectivity index (χ1n) is 8.50. The molecule has 1 heterocycles. The molecule has 0 spiro atoms. The van der Waals surface area contributed by atoms with E-state index in [2.05, 4.69) is 10.1 Å². The van der Waals surface area contributed by atoms with Crippen molar-refractivity contribution >= 4 is 23.2 Å². The summed E-state index contributed by atoms with van der Waals surface area (Å²) in [5.74, 6) is -0.0201. The highest BCUT2D eigenvalue weighted by molar-refractivity contribution is 6.42. The van der Waals surface area contributed by atoms with Crippen LogP contribution in [0.15, 0.2) is 36.4 Å². The van der Waals surface area contributed by atoms with Crippen molar-refractivity contribution in [1.29, 1.82) is 0 Å². The molecule has 1 saturated heterocycles. The van der Waals surface area contributed by atoms with Crippen molar-refractivity contribution in [3.8, 4) is 22.6 Å². The van der Waals surface area contributed by atoms with Crippen LogP contribution in [0.1, 0.15) is 12.8 Å². The number of nitrogens with one attached hydrogen (secondary N) is 1. The molecule has 27 heavy (non-hydrogen) atoms. The van der Waals surface area contributed by atoms with E-state index < -0.39 is 6.36 Å². The van der Waals surface area contributed by atoms with E-state index in [0.717, 1.165) is 31.5 Å². The lowest BCUT2D eigenvalue weighted by molar-refractivity contribution is -0.275. The van der Waals surface area contributed by atoms with Crippen LogP contribution in [-0.4, -0.2) is 26.1 Å². The van der Waals surface area contributed by atoms with Crippen molar-refractivity contribution < 1.29 is 22.6 Å². The summed E-state index contributed by atoms with van der Waals surface area (Å²) in [5.41, 5.74) is 1.37.